The zero-order chi connectivity index (χ0) is 33.7. The highest BCUT2D eigenvalue weighted by Gasteiger charge is 2.43. The number of rotatable bonds is 5. The van der Waals surface area contributed by atoms with E-state index in [1.54, 1.807) is 0 Å². The van der Waals surface area contributed by atoms with Gasteiger partial charge in [0, 0.05) is 50.4 Å². The first-order valence-electron chi connectivity index (χ1n) is 12.0. The molecule has 0 aliphatic carbocycles. The number of alkyl halides is 9. The molecular weight excluding hydrogens is 627 g/mol. The highest BCUT2D eigenvalue weighted by Crippen LogP contribution is 2.34. The number of nitrogens with one attached hydrogen (secondary N) is 1. The van der Waals surface area contributed by atoms with Gasteiger partial charge in [0.05, 0.1) is 18.4 Å². The lowest BCUT2D eigenvalue weighted by Gasteiger charge is -2.19. The van der Waals surface area contributed by atoms with Crippen molar-refractivity contribution < 1.29 is 74.0 Å². The molecule has 0 saturated carbocycles. The molecule has 0 radical (unpaired) electrons. The van der Waals surface area contributed by atoms with Crippen molar-refractivity contribution >= 4 is 23.7 Å². The number of aliphatic carboxylic acids is 3. The Balaban J connectivity index is 0.000000379. The average molecular weight is 652 g/mol. The van der Waals surface area contributed by atoms with E-state index in [9.17, 15) is 39.5 Å². The summed E-state index contributed by atoms with van der Waals surface area (Å²) in [7, 11) is 0. The van der Waals surface area contributed by atoms with Gasteiger partial charge in [0.1, 0.15) is 5.82 Å². The Kier molecular flexibility index (Phi) is 14.3. The van der Waals surface area contributed by atoms with Crippen LogP contribution in [0.4, 0.5) is 45.3 Å². The molecule has 2 saturated heterocycles. The van der Waals surface area contributed by atoms with Crippen LogP contribution in [-0.2, 0) is 25.7 Å². The molecule has 44 heavy (non-hydrogen) atoms. The van der Waals surface area contributed by atoms with Crippen LogP contribution in [0.1, 0.15) is 5.69 Å². The second-order valence-electron chi connectivity index (χ2n) is 8.82. The minimum Gasteiger partial charge on any atom is -0.475 e. The van der Waals surface area contributed by atoms with Crippen molar-refractivity contribution in [3.63, 3.8) is 0 Å². The van der Waals surface area contributed by atoms with E-state index in [0.29, 0.717) is 17.9 Å². The largest absolute Gasteiger partial charge is 0.490 e. The Morgan fingerprint density at radius 2 is 1.27 bits per heavy atom. The molecule has 0 spiro atoms. The summed E-state index contributed by atoms with van der Waals surface area (Å²) in [5, 5.41) is 24.8. The normalized spacial score (nSPS) is 19.5. The lowest BCUT2D eigenvalue weighted by Crippen LogP contribution is -2.27. The van der Waals surface area contributed by atoms with Gasteiger partial charge in [0.2, 0.25) is 0 Å². The number of carbonyl (C=O) groups is 3. The lowest BCUT2D eigenvalue weighted by atomic mass is 9.93. The van der Waals surface area contributed by atoms with E-state index < -0.39 is 36.4 Å². The summed E-state index contributed by atoms with van der Waals surface area (Å²) in [6, 6.07) is 12.1. The highest BCUT2D eigenvalue weighted by molar-refractivity contribution is 5.73. The van der Waals surface area contributed by atoms with Crippen molar-refractivity contribution in [1.82, 2.24) is 14.9 Å². The summed E-state index contributed by atoms with van der Waals surface area (Å²) in [6.45, 7) is 4.80. The molecule has 0 unspecified atom stereocenters. The number of ether oxygens (including phenoxy) is 1. The van der Waals surface area contributed by atoms with E-state index >= 15 is 0 Å². The van der Waals surface area contributed by atoms with Gasteiger partial charge in [0.25, 0.3) is 0 Å². The standard InChI is InChI=1S/C18H22N4O.3C2HF3O2/c1-3-7-19-15(5-1)10-22-11-16-14(13-23-17(16)12-22)9-21-18-6-2-4-8-20-18;3*3-2(4,5)1(6)7/h1-8,14,16-17H,9-13H2,(H,20,21);3*(H,6,7)/t14-,16-,17-;;;/m1.../s1. The van der Waals surface area contributed by atoms with Crippen molar-refractivity contribution in [2.75, 3.05) is 31.6 Å². The summed E-state index contributed by atoms with van der Waals surface area (Å²) in [4.78, 5) is 37.9. The second-order valence-corrected chi connectivity index (χ2v) is 8.82. The molecule has 3 atom stereocenters. The minimum atomic E-state index is -5.08. The quantitative estimate of drug-likeness (QED) is 0.346. The van der Waals surface area contributed by atoms with Crippen LogP contribution in [0, 0.1) is 11.8 Å². The number of fused-ring (bicyclic) bond motifs is 1. The minimum absolute atomic E-state index is 0.370. The second kappa shape index (κ2) is 16.6. The molecule has 0 aromatic carbocycles. The Morgan fingerprint density at radius 3 is 1.68 bits per heavy atom. The topological polar surface area (TPSA) is 162 Å². The SMILES string of the molecule is O=C(O)C(F)(F)F.O=C(O)C(F)(F)F.O=C(O)C(F)(F)F.c1ccc(CN2C[C@@H]3[C@H](CNc4ccccn4)CO[C@@H]3C2)nc1. The molecule has 0 amide bonds. The maximum Gasteiger partial charge on any atom is 0.490 e. The zero-order valence-electron chi connectivity index (χ0n) is 22.1. The Labute approximate surface area is 242 Å². The number of carboxylic acid groups (broad SMARTS) is 3. The van der Waals surface area contributed by atoms with Crippen LogP contribution in [0.2, 0.25) is 0 Å². The van der Waals surface area contributed by atoms with Gasteiger partial charge in [-0.3, -0.25) is 9.88 Å². The van der Waals surface area contributed by atoms with E-state index in [-0.39, 0.29) is 0 Å². The van der Waals surface area contributed by atoms with Gasteiger partial charge in [-0.1, -0.05) is 12.1 Å². The van der Waals surface area contributed by atoms with Gasteiger partial charge in [0.15, 0.2) is 0 Å². The number of nitrogens with zero attached hydrogens (tertiary/aromatic N) is 3. The number of hydrogen-bond acceptors (Lipinski definition) is 8. The van der Waals surface area contributed by atoms with Crippen molar-refractivity contribution in [3.05, 3.63) is 54.5 Å². The summed E-state index contributed by atoms with van der Waals surface area (Å²) < 4.78 is 101. The predicted octanol–water partition coefficient (Wildman–Crippen LogP) is 3.94. The van der Waals surface area contributed by atoms with Crippen molar-refractivity contribution in [1.29, 1.82) is 0 Å². The molecule has 11 nitrogen and oxygen atoms in total. The van der Waals surface area contributed by atoms with E-state index in [2.05, 4.69) is 32.3 Å². The monoisotopic (exact) mass is 652 g/mol. The number of anilines is 1. The van der Waals surface area contributed by atoms with E-state index in [1.165, 1.54) is 0 Å². The summed E-state index contributed by atoms with van der Waals surface area (Å²) >= 11 is 0. The molecule has 2 aromatic rings. The zero-order valence-corrected chi connectivity index (χ0v) is 22.1. The molecule has 4 heterocycles. The maximum atomic E-state index is 10.6. The molecule has 246 valence electrons. The van der Waals surface area contributed by atoms with Crippen LogP contribution in [0.25, 0.3) is 0 Å². The van der Waals surface area contributed by atoms with E-state index in [4.69, 9.17) is 34.4 Å². The first kappa shape index (κ1) is 37.8. The maximum absolute atomic E-state index is 10.6. The van der Waals surface area contributed by atoms with Crippen LogP contribution in [0.15, 0.2) is 48.8 Å². The van der Waals surface area contributed by atoms with Gasteiger partial charge in [-0.05, 0) is 24.3 Å². The van der Waals surface area contributed by atoms with E-state index in [1.807, 2.05) is 36.7 Å². The summed E-state index contributed by atoms with van der Waals surface area (Å²) in [5.74, 6) is -6.17. The average Bonchev–Trinajstić information content (AvgIpc) is 3.48. The molecule has 2 fully saturated rings. The first-order chi connectivity index (χ1) is 20.2. The van der Waals surface area contributed by atoms with Gasteiger partial charge in [-0.25, -0.2) is 19.4 Å². The number of halogens is 9. The van der Waals surface area contributed by atoms with Gasteiger partial charge < -0.3 is 25.4 Å². The third kappa shape index (κ3) is 14.3. The molecule has 2 aliphatic heterocycles. The van der Waals surface area contributed by atoms with Crippen molar-refractivity contribution in [3.8, 4) is 0 Å². The molecular formula is C24H25F9N4O7. The molecule has 2 aromatic heterocycles. The predicted molar refractivity (Wildman–Crippen MR) is 130 cm³/mol. The Morgan fingerprint density at radius 1 is 0.795 bits per heavy atom. The van der Waals surface area contributed by atoms with Crippen LogP contribution in [-0.4, -0.2) is 99.0 Å². The fourth-order valence-corrected chi connectivity index (χ4v) is 3.64. The van der Waals surface area contributed by atoms with E-state index in [0.717, 1.165) is 44.3 Å². The molecule has 4 rings (SSSR count). The van der Waals surface area contributed by atoms with Crippen LogP contribution in [0.5, 0.6) is 0 Å². The Hall–Kier alpha value is -4.20. The number of pyridine rings is 2. The Bertz CT molecular complexity index is 1130. The molecule has 4 N–H and O–H groups in total. The van der Waals surface area contributed by atoms with Crippen LogP contribution < -0.4 is 5.32 Å². The number of hydrogen-bond donors (Lipinski definition) is 4. The fraction of sp³-hybridized carbons (Fsp3) is 0.458. The van der Waals surface area contributed by atoms with Gasteiger partial charge in [-0.2, -0.15) is 39.5 Å². The van der Waals surface area contributed by atoms with Crippen LogP contribution in [0.3, 0.4) is 0 Å². The molecule has 20 heteroatoms. The number of carboxylic acids is 3. The fourth-order valence-electron chi connectivity index (χ4n) is 3.64. The summed E-state index contributed by atoms with van der Waals surface area (Å²) in [6.07, 6.45) is -11.2. The van der Waals surface area contributed by atoms with Crippen molar-refractivity contribution in [2.45, 2.75) is 31.2 Å². The lowest BCUT2D eigenvalue weighted by molar-refractivity contribution is -0.193. The highest BCUT2D eigenvalue weighted by atomic mass is 19.4. The van der Waals surface area contributed by atoms with Gasteiger partial charge >= 0.3 is 36.4 Å². The van der Waals surface area contributed by atoms with Crippen LogP contribution >= 0.6 is 0 Å². The third-order valence-corrected chi connectivity index (χ3v) is 5.56. The number of likely N-dealkylation sites (tertiary alicyclic amines) is 1. The molecule has 2 aliphatic rings. The summed E-state index contributed by atoms with van der Waals surface area (Å²) in [5.41, 5.74) is 1.13. The smallest absolute Gasteiger partial charge is 0.475 e. The third-order valence-electron chi connectivity index (χ3n) is 5.56. The van der Waals surface area contributed by atoms with Crippen molar-refractivity contribution in [2.24, 2.45) is 11.8 Å². The molecule has 0 bridgehead atoms. The first-order valence-corrected chi connectivity index (χ1v) is 12.0. The van der Waals surface area contributed by atoms with Gasteiger partial charge in [-0.15, -0.1) is 0 Å². The number of aromatic nitrogens is 2.